The second-order valence-electron chi connectivity index (χ2n) is 7.20. The van der Waals surface area contributed by atoms with Crippen molar-refractivity contribution in [3.05, 3.63) is 57.8 Å². The van der Waals surface area contributed by atoms with Crippen molar-refractivity contribution in [2.75, 3.05) is 0 Å². The third kappa shape index (κ3) is 5.68. The van der Waals surface area contributed by atoms with Crippen molar-refractivity contribution in [3.63, 3.8) is 0 Å². The Balaban J connectivity index is 1.88. The first-order valence-electron chi connectivity index (χ1n) is 8.43. The van der Waals surface area contributed by atoms with Crippen molar-refractivity contribution in [2.24, 2.45) is 0 Å². The van der Waals surface area contributed by atoms with E-state index in [9.17, 15) is 14.4 Å². The molecule has 2 aromatic rings. The van der Waals surface area contributed by atoms with Crippen LogP contribution >= 0.6 is 15.9 Å². The number of hydrogen-bond donors (Lipinski definition) is 4. The number of halogens is 1. The lowest BCUT2D eigenvalue weighted by Gasteiger charge is -2.19. The molecule has 144 valence electrons. The molecule has 8 heteroatoms. The minimum absolute atomic E-state index is 0.00485. The van der Waals surface area contributed by atoms with E-state index in [1.807, 2.05) is 12.1 Å². The van der Waals surface area contributed by atoms with Gasteiger partial charge in [-0.25, -0.2) is 0 Å². The Hall–Kier alpha value is -2.61. The lowest BCUT2D eigenvalue weighted by molar-refractivity contribution is -0.123. The average molecular weight is 435 g/mol. The normalized spacial score (nSPS) is 12.2. The van der Waals surface area contributed by atoms with Crippen molar-refractivity contribution in [2.45, 2.75) is 39.2 Å². The topological polar surface area (TPSA) is 103 Å². The molecule has 4 N–H and O–H groups in total. The molecule has 2 rings (SSSR count). The highest BCUT2D eigenvalue weighted by Crippen LogP contribution is 2.22. The molecule has 0 aliphatic heterocycles. The molecule has 0 fully saturated rings. The van der Waals surface area contributed by atoms with Crippen molar-refractivity contribution in [1.29, 1.82) is 0 Å². The fraction of sp³-hybridized carbons (Fsp3) is 0.316. The number of carbonyl (C=O) groups excluding carboxylic acids is 3. The maximum atomic E-state index is 12.3. The highest BCUT2D eigenvalue weighted by molar-refractivity contribution is 9.10. The summed E-state index contributed by atoms with van der Waals surface area (Å²) in [6, 6.07) is 8.00. The first-order chi connectivity index (χ1) is 12.6. The van der Waals surface area contributed by atoms with Crippen LogP contribution in [0.1, 0.15) is 54.1 Å². The molecule has 1 aromatic heterocycles. The third-order valence-electron chi connectivity index (χ3n) is 3.95. The van der Waals surface area contributed by atoms with E-state index in [-0.39, 0.29) is 17.0 Å². The minimum Gasteiger partial charge on any atom is -0.356 e. The van der Waals surface area contributed by atoms with Gasteiger partial charge in [-0.15, -0.1) is 0 Å². The van der Waals surface area contributed by atoms with Gasteiger partial charge in [0.25, 0.3) is 17.7 Å². The van der Waals surface area contributed by atoms with Gasteiger partial charge in [-0.3, -0.25) is 25.2 Å². The van der Waals surface area contributed by atoms with Gasteiger partial charge in [-0.2, -0.15) is 0 Å². The van der Waals surface area contributed by atoms with Crippen molar-refractivity contribution in [1.82, 2.24) is 21.2 Å². The molecule has 0 saturated carbocycles. The summed E-state index contributed by atoms with van der Waals surface area (Å²) in [5, 5.41) is 2.60. The molecule has 0 spiro atoms. The van der Waals surface area contributed by atoms with Gasteiger partial charge in [0.2, 0.25) is 0 Å². The zero-order valence-electron chi connectivity index (χ0n) is 15.6. The Kier molecular flexibility index (Phi) is 6.43. The van der Waals surface area contributed by atoms with Gasteiger partial charge in [0, 0.05) is 16.2 Å². The molecule has 0 radical (unpaired) electrons. The largest absolute Gasteiger partial charge is 0.356 e. The highest BCUT2D eigenvalue weighted by atomic mass is 79.9. The van der Waals surface area contributed by atoms with Crippen LogP contribution in [0.25, 0.3) is 0 Å². The highest BCUT2D eigenvalue weighted by Gasteiger charge is 2.19. The number of H-pyrrole nitrogens is 1. The molecule has 0 aliphatic carbocycles. The lowest BCUT2D eigenvalue weighted by Crippen LogP contribution is -2.51. The third-order valence-corrected chi connectivity index (χ3v) is 4.40. The first-order valence-corrected chi connectivity index (χ1v) is 9.23. The molecule has 3 amide bonds. The predicted octanol–water partition coefficient (Wildman–Crippen LogP) is 2.65. The second-order valence-corrected chi connectivity index (χ2v) is 8.11. The molecular formula is C19H23BrN4O3. The second kappa shape index (κ2) is 8.39. The minimum atomic E-state index is -0.824. The number of hydrogen-bond acceptors (Lipinski definition) is 3. The smallest absolute Gasteiger partial charge is 0.286 e. The van der Waals surface area contributed by atoms with Crippen LogP contribution in [-0.4, -0.2) is 28.7 Å². The molecule has 27 heavy (non-hydrogen) atoms. The molecule has 1 atom stereocenters. The van der Waals surface area contributed by atoms with E-state index in [2.05, 4.69) is 57.9 Å². The summed E-state index contributed by atoms with van der Waals surface area (Å²) in [4.78, 5) is 39.0. The summed E-state index contributed by atoms with van der Waals surface area (Å²) in [7, 11) is 0. The fourth-order valence-corrected chi connectivity index (χ4v) is 2.60. The Morgan fingerprint density at radius 2 is 1.67 bits per heavy atom. The number of carbonyl (C=O) groups is 3. The Labute approximate surface area is 166 Å². The number of amides is 3. The number of benzene rings is 1. The van der Waals surface area contributed by atoms with E-state index < -0.39 is 17.9 Å². The van der Waals surface area contributed by atoms with Crippen LogP contribution in [0, 0.1) is 0 Å². The van der Waals surface area contributed by atoms with Gasteiger partial charge in [0.1, 0.15) is 11.7 Å². The van der Waals surface area contributed by atoms with Crippen LogP contribution in [0.4, 0.5) is 0 Å². The lowest BCUT2D eigenvalue weighted by atomic mass is 9.86. The summed E-state index contributed by atoms with van der Waals surface area (Å²) in [6.45, 7) is 7.81. The predicted molar refractivity (Wildman–Crippen MR) is 106 cm³/mol. The number of rotatable bonds is 4. The SMILES string of the molecule is C[C@H](NC(=O)c1ccc(C(C)(C)C)cc1)C(=O)NNC(=O)c1cc(Br)c[nH]1. The molecule has 0 unspecified atom stereocenters. The fourth-order valence-electron chi connectivity index (χ4n) is 2.26. The van der Waals surface area contributed by atoms with Crippen LogP contribution in [0.3, 0.4) is 0 Å². The maximum Gasteiger partial charge on any atom is 0.286 e. The van der Waals surface area contributed by atoms with E-state index in [1.165, 1.54) is 6.92 Å². The zero-order valence-corrected chi connectivity index (χ0v) is 17.2. The van der Waals surface area contributed by atoms with Crippen LogP contribution in [-0.2, 0) is 10.2 Å². The van der Waals surface area contributed by atoms with Crippen LogP contribution in [0.15, 0.2) is 41.0 Å². The van der Waals surface area contributed by atoms with Gasteiger partial charge in [-0.05, 0) is 52.0 Å². The average Bonchev–Trinajstić information content (AvgIpc) is 3.05. The van der Waals surface area contributed by atoms with Gasteiger partial charge in [0.15, 0.2) is 0 Å². The molecule has 0 aliphatic rings. The number of nitrogens with one attached hydrogen (secondary N) is 4. The van der Waals surface area contributed by atoms with Crippen LogP contribution < -0.4 is 16.2 Å². The number of aromatic amines is 1. The Morgan fingerprint density at radius 1 is 1.04 bits per heavy atom. The maximum absolute atomic E-state index is 12.3. The molecular weight excluding hydrogens is 412 g/mol. The Bertz CT molecular complexity index is 837. The van der Waals surface area contributed by atoms with Gasteiger partial charge >= 0.3 is 0 Å². The summed E-state index contributed by atoms with van der Waals surface area (Å²) < 4.78 is 0.720. The van der Waals surface area contributed by atoms with Crippen LogP contribution in [0.5, 0.6) is 0 Å². The number of hydrazine groups is 1. The number of aromatic nitrogens is 1. The summed E-state index contributed by atoms with van der Waals surface area (Å²) in [5.41, 5.74) is 6.44. The molecule has 1 heterocycles. The molecule has 0 saturated heterocycles. The summed E-state index contributed by atoms with van der Waals surface area (Å²) in [6.07, 6.45) is 1.60. The summed E-state index contributed by atoms with van der Waals surface area (Å²) in [5.74, 6) is -1.39. The quantitative estimate of drug-likeness (QED) is 0.556. The van der Waals surface area contributed by atoms with E-state index in [4.69, 9.17) is 0 Å². The van der Waals surface area contributed by atoms with Gasteiger partial charge in [0.05, 0.1) is 0 Å². The van der Waals surface area contributed by atoms with Gasteiger partial charge < -0.3 is 10.3 Å². The van der Waals surface area contributed by atoms with Crippen molar-refractivity contribution < 1.29 is 14.4 Å². The van der Waals surface area contributed by atoms with Crippen molar-refractivity contribution >= 4 is 33.7 Å². The van der Waals surface area contributed by atoms with Gasteiger partial charge in [-0.1, -0.05) is 32.9 Å². The van der Waals surface area contributed by atoms with E-state index in [0.717, 1.165) is 10.0 Å². The molecule has 7 nitrogen and oxygen atoms in total. The standard InChI is InChI=1S/C19H23BrN4O3/c1-11(16(25)23-24-18(27)15-9-14(20)10-21-15)22-17(26)12-5-7-13(8-6-12)19(2,3)4/h5-11,21H,1-4H3,(H,22,26)(H,23,25)(H,24,27)/t11-/m0/s1. The van der Waals surface area contributed by atoms with E-state index in [0.29, 0.717) is 5.56 Å². The molecule has 0 bridgehead atoms. The Morgan fingerprint density at radius 3 is 2.19 bits per heavy atom. The van der Waals surface area contributed by atoms with E-state index >= 15 is 0 Å². The van der Waals surface area contributed by atoms with Crippen molar-refractivity contribution in [3.8, 4) is 0 Å². The summed E-state index contributed by atoms with van der Waals surface area (Å²) >= 11 is 3.22. The monoisotopic (exact) mass is 434 g/mol. The first kappa shape index (κ1) is 20.7. The van der Waals surface area contributed by atoms with Crippen LogP contribution in [0.2, 0.25) is 0 Å². The molecule has 1 aromatic carbocycles. The van der Waals surface area contributed by atoms with E-state index in [1.54, 1.807) is 24.4 Å². The zero-order chi connectivity index (χ0) is 20.2.